The number of halogens is 1. The van der Waals surface area contributed by atoms with Crippen LogP contribution >= 0.6 is 11.6 Å². The molecule has 0 aliphatic rings. The predicted octanol–water partition coefficient (Wildman–Crippen LogP) is 2.41. The molecule has 0 fully saturated rings. The van der Waals surface area contributed by atoms with Crippen molar-refractivity contribution in [3.63, 3.8) is 0 Å². The molecule has 0 bridgehead atoms. The van der Waals surface area contributed by atoms with Crippen molar-refractivity contribution in [3.05, 3.63) is 33.8 Å². The number of amides is 1. The number of benzene rings is 1. The second-order valence-corrected chi connectivity index (χ2v) is 4.77. The number of carboxylic acid groups (broad SMARTS) is 1. The summed E-state index contributed by atoms with van der Waals surface area (Å²) >= 11 is 6.00. The van der Waals surface area contributed by atoms with Crippen LogP contribution in [0.25, 0.3) is 0 Å². The first kappa shape index (κ1) is 14.5. The van der Waals surface area contributed by atoms with Crippen LogP contribution < -0.4 is 5.32 Å². The fourth-order valence-electron chi connectivity index (χ4n) is 1.38. The van der Waals surface area contributed by atoms with Crippen molar-refractivity contribution in [2.45, 2.75) is 20.8 Å². The van der Waals surface area contributed by atoms with Crippen molar-refractivity contribution in [1.29, 1.82) is 0 Å². The molecule has 0 aromatic heterocycles. The molecule has 1 unspecified atom stereocenters. The summed E-state index contributed by atoms with van der Waals surface area (Å²) in [5.41, 5.74) is 2.35. The lowest BCUT2D eigenvalue weighted by Crippen LogP contribution is -2.31. The van der Waals surface area contributed by atoms with Crippen LogP contribution in [0.3, 0.4) is 0 Å². The summed E-state index contributed by atoms with van der Waals surface area (Å²) in [7, 11) is 0. The highest BCUT2D eigenvalue weighted by Gasteiger charge is 2.15. The molecular formula is C13H16ClNO3. The summed E-state index contributed by atoms with van der Waals surface area (Å²) in [5.74, 6) is -1.92. The van der Waals surface area contributed by atoms with Gasteiger partial charge in [-0.25, -0.2) is 0 Å². The average molecular weight is 270 g/mol. The molecule has 1 aromatic rings. The van der Waals surface area contributed by atoms with E-state index < -0.39 is 11.9 Å². The normalized spacial score (nSPS) is 12.0. The first-order valence-electron chi connectivity index (χ1n) is 5.60. The standard InChI is InChI=1S/C13H16ClNO3/c1-7-4-10(11(14)5-8(7)2)12(16)15-6-9(3)13(17)18/h4-5,9H,6H2,1-3H3,(H,15,16)(H,17,18). The topological polar surface area (TPSA) is 66.4 Å². The number of aliphatic carboxylic acids is 1. The molecule has 0 aliphatic heterocycles. The fourth-order valence-corrected chi connectivity index (χ4v) is 1.69. The minimum absolute atomic E-state index is 0.0808. The molecular weight excluding hydrogens is 254 g/mol. The van der Waals surface area contributed by atoms with Crippen LogP contribution in [0, 0.1) is 19.8 Å². The lowest BCUT2D eigenvalue weighted by atomic mass is 10.1. The van der Waals surface area contributed by atoms with E-state index in [0.717, 1.165) is 11.1 Å². The summed E-state index contributed by atoms with van der Waals surface area (Å²) < 4.78 is 0. The molecule has 0 radical (unpaired) electrons. The number of hydrogen-bond acceptors (Lipinski definition) is 2. The molecule has 1 amide bonds. The van der Waals surface area contributed by atoms with Gasteiger partial charge in [0.25, 0.3) is 5.91 Å². The van der Waals surface area contributed by atoms with Crippen LogP contribution in [-0.2, 0) is 4.79 Å². The molecule has 5 heteroatoms. The number of carbonyl (C=O) groups is 2. The van der Waals surface area contributed by atoms with Crippen molar-refractivity contribution >= 4 is 23.5 Å². The van der Waals surface area contributed by atoms with Gasteiger partial charge < -0.3 is 10.4 Å². The third-order valence-corrected chi connectivity index (χ3v) is 3.13. The number of carbonyl (C=O) groups excluding carboxylic acids is 1. The Balaban J connectivity index is 2.79. The lowest BCUT2D eigenvalue weighted by Gasteiger charge is -2.11. The summed E-state index contributed by atoms with van der Waals surface area (Å²) in [5, 5.41) is 11.7. The van der Waals surface area contributed by atoms with Crippen LogP contribution in [0.4, 0.5) is 0 Å². The van der Waals surface area contributed by atoms with E-state index in [9.17, 15) is 9.59 Å². The molecule has 98 valence electrons. The third kappa shape index (κ3) is 3.47. The van der Waals surface area contributed by atoms with Crippen molar-refractivity contribution in [3.8, 4) is 0 Å². The van der Waals surface area contributed by atoms with Gasteiger partial charge in [-0.2, -0.15) is 0 Å². The van der Waals surface area contributed by atoms with Gasteiger partial charge in [0.1, 0.15) is 0 Å². The van der Waals surface area contributed by atoms with Crippen LogP contribution in [0.15, 0.2) is 12.1 Å². The minimum atomic E-state index is -0.943. The van der Waals surface area contributed by atoms with Crippen molar-refractivity contribution in [1.82, 2.24) is 5.32 Å². The molecule has 1 atom stereocenters. The van der Waals surface area contributed by atoms with E-state index in [2.05, 4.69) is 5.32 Å². The van der Waals surface area contributed by atoms with Gasteiger partial charge in [-0.3, -0.25) is 9.59 Å². The Morgan fingerprint density at radius 3 is 2.44 bits per heavy atom. The molecule has 0 aliphatic carbocycles. The van der Waals surface area contributed by atoms with Gasteiger partial charge in [0.15, 0.2) is 0 Å². The zero-order chi connectivity index (χ0) is 13.9. The fraction of sp³-hybridized carbons (Fsp3) is 0.385. The maximum absolute atomic E-state index is 11.9. The summed E-state index contributed by atoms with van der Waals surface area (Å²) in [4.78, 5) is 22.5. The molecule has 0 saturated carbocycles. The Bertz CT molecular complexity index is 485. The number of rotatable bonds is 4. The highest BCUT2D eigenvalue weighted by Crippen LogP contribution is 2.20. The Hall–Kier alpha value is -1.55. The molecule has 0 heterocycles. The monoisotopic (exact) mass is 269 g/mol. The Kier molecular flexibility index (Phi) is 4.73. The zero-order valence-corrected chi connectivity index (χ0v) is 11.3. The van der Waals surface area contributed by atoms with Crippen molar-refractivity contribution < 1.29 is 14.7 Å². The number of aryl methyl sites for hydroxylation is 2. The second kappa shape index (κ2) is 5.87. The third-order valence-electron chi connectivity index (χ3n) is 2.82. The molecule has 4 nitrogen and oxygen atoms in total. The summed E-state index contributed by atoms with van der Waals surface area (Å²) in [6.07, 6.45) is 0. The first-order valence-corrected chi connectivity index (χ1v) is 5.98. The van der Waals surface area contributed by atoms with E-state index in [0.29, 0.717) is 10.6 Å². The largest absolute Gasteiger partial charge is 0.481 e. The molecule has 0 saturated heterocycles. The van der Waals surface area contributed by atoms with Crippen molar-refractivity contribution in [2.75, 3.05) is 6.54 Å². The molecule has 1 aromatic carbocycles. The first-order chi connectivity index (χ1) is 8.32. The quantitative estimate of drug-likeness (QED) is 0.882. The van der Waals surface area contributed by atoms with Crippen LogP contribution in [-0.4, -0.2) is 23.5 Å². The minimum Gasteiger partial charge on any atom is -0.481 e. The van der Waals surface area contributed by atoms with Crippen LogP contribution in [0.2, 0.25) is 5.02 Å². The SMILES string of the molecule is Cc1cc(Cl)c(C(=O)NCC(C)C(=O)O)cc1C. The van der Waals surface area contributed by atoms with Crippen LogP contribution in [0.1, 0.15) is 28.4 Å². The Labute approximate surface area is 111 Å². The number of nitrogens with one attached hydrogen (secondary N) is 1. The van der Waals surface area contributed by atoms with Gasteiger partial charge in [-0.1, -0.05) is 18.5 Å². The van der Waals surface area contributed by atoms with Gasteiger partial charge in [0.2, 0.25) is 0 Å². The van der Waals surface area contributed by atoms with Gasteiger partial charge in [-0.05, 0) is 37.1 Å². The van der Waals surface area contributed by atoms with Crippen molar-refractivity contribution in [2.24, 2.45) is 5.92 Å². The summed E-state index contributed by atoms with van der Waals surface area (Å²) in [6, 6.07) is 3.44. The smallest absolute Gasteiger partial charge is 0.308 e. The average Bonchev–Trinajstić information content (AvgIpc) is 2.30. The second-order valence-electron chi connectivity index (χ2n) is 4.37. The van der Waals surface area contributed by atoms with E-state index in [4.69, 9.17) is 16.7 Å². The van der Waals surface area contributed by atoms with E-state index in [1.807, 2.05) is 13.8 Å². The van der Waals surface area contributed by atoms with Gasteiger partial charge >= 0.3 is 5.97 Å². The Morgan fingerprint density at radius 1 is 1.33 bits per heavy atom. The summed E-state index contributed by atoms with van der Waals surface area (Å²) in [6.45, 7) is 5.42. The molecule has 0 spiro atoms. The number of hydrogen-bond donors (Lipinski definition) is 2. The van der Waals surface area contributed by atoms with E-state index >= 15 is 0 Å². The zero-order valence-electron chi connectivity index (χ0n) is 10.6. The predicted molar refractivity (Wildman–Crippen MR) is 70.1 cm³/mol. The highest BCUT2D eigenvalue weighted by atomic mass is 35.5. The Morgan fingerprint density at radius 2 is 1.89 bits per heavy atom. The van der Waals surface area contributed by atoms with Crippen LogP contribution in [0.5, 0.6) is 0 Å². The maximum atomic E-state index is 11.9. The van der Waals surface area contributed by atoms with Gasteiger partial charge in [-0.15, -0.1) is 0 Å². The highest BCUT2D eigenvalue weighted by molar-refractivity contribution is 6.34. The molecule has 2 N–H and O–H groups in total. The van der Waals surface area contributed by atoms with Gasteiger partial charge in [0, 0.05) is 6.54 Å². The molecule has 1 rings (SSSR count). The lowest BCUT2D eigenvalue weighted by molar-refractivity contribution is -0.140. The van der Waals surface area contributed by atoms with E-state index in [1.54, 1.807) is 12.1 Å². The van der Waals surface area contributed by atoms with Gasteiger partial charge in [0.05, 0.1) is 16.5 Å². The number of carboxylic acids is 1. The van der Waals surface area contributed by atoms with E-state index in [-0.39, 0.29) is 12.5 Å². The van der Waals surface area contributed by atoms with E-state index in [1.165, 1.54) is 6.92 Å². The molecule has 18 heavy (non-hydrogen) atoms. The maximum Gasteiger partial charge on any atom is 0.308 e.